The number of benzene rings is 1. The van der Waals surface area contributed by atoms with Crippen LogP contribution in [0.15, 0.2) is 47.1 Å². The maximum absolute atomic E-state index is 13.6. The number of halogens is 1. The van der Waals surface area contributed by atoms with Crippen LogP contribution >= 0.6 is 0 Å². The van der Waals surface area contributed by atoms with E-state index < -0.39 is 0 Å². The lowest BCUT2D eigenvalue weighted by Gasteiger charge is -2.36. The van der Waals surface area contributed by atoms with E-state index in [0.29, 0.717) is 12.0 Å². The molecule has 100 valence electrons. The second-order valence-corrected chi connectivity index (χ2v) is 5.17. The largest absolute Gasteiger partial charge is 0.469 e. The van der Waals surface area contributed by atoms with Crippen molar-refractivity contribution >= 4 is 0 Å². The van der Waals surface area contributed by atoms with Crippen molar-refractivity contribution in [3.63, 3.8) is 0 Å². The van der Waals surface area contributed by atoms with Crippen LogP contribution in [0.1, 0.15) is 30.1 Å². The lowest BCUT2D eigenvalue weighted by Crippen LogP contribution is -2.41. The highest BCUT2D eigenvalue weighted by molar-refractivity contribution is 5.24. The predicted octanol–water partition coefficient (Wildman–Crippen LogP) is 3.50. The summed E-state index contributed by atoms with van der Waals surface area (Å²) in [6.45, 7) is 0.919. The van der Waals surface area contributed by atoms with Crippen molar-refractivity contribution in [3.05, 3.63) is 59.8 Å². The fourth-order valence-corrected chi connectivity index (χ4v) is 2.70. The number of furan rings is 1. The van der Waals surface area contributed by atoms with Gasteiger partial charge in [0, 0.05) is 19.0 Å². The first-order valence-electron chi connectivity index (χ1n) is 6.83. The maximum Gasteiger partial charge on any atom is 0.126 e. The van der Waals surface area contributed by atoms with E-state index in [4.69, 9.17) is 4.42 Å². The first-order chi connectivity index (χ1) is 9.33. The molecule has 0 radical (unpaired) electrons. The molecule has 0 atom stereocenters. The minimum absolute atomic E-state index is 0.0680. The summed E-state index contributed by atoms with van der Waals surface area (Å²) in [6.07, 6.45) is 4.67. The van der Waals surface area contributed by atoms with Crippen LogP contribution in [0, 0.1) is 5.82 Å². The molecule has 1 fully saturated rings. The summed E-state index contributed by atoms with van der Waals surface area (Å²) in [5.74, 6) is 1.32. The van der Waals surface area contributed by atoms with Crippen molar-refractivity contribution in [1.29, 1.82) is 0 Å². The summed E-state index contributed by atoms with van der Waals surface area (Å²) in [5.41, 5.74) is 0.867. The van der Waals surface area contributed by atoms with Gasteiger partial charge in [-0.2, -0.15) is 0 Å². The highest BCUT2D eigenvalue weighted by atomic mass is 19.1. The zero-order valence-corrected chi connectivity index (χ0v) is 10.8. The standard InChI is InChI=1S/C16H18FNO/c17-16-6-2-1-5-15(16)12-10-13(11-12)18-8-7-14-4-3-9-19-14/h1-6,9,12-13,18H,7-8,10-11H2. The van der Waals surface area contributed by atoms with Gasteiger partial charge in [-0.15, -0.1) is 0 Å². The van der Waals surface area contributed by atoms with Gasteiger partial charge >= 0.3 is 0 Å². The number of hydrogen-bond donors (Lipinski definition) is 1. The number of rotatable bonds is 5. The average Bonchev–Trinajstić information content (AvgIpc) is 2.87. The van der Waals surface area contributed by atoms with Gasteiger partial charge in [0.2, 0.25) is 0 Å². The van der Waals surface area contributed by atoms with Crippen molar-refractivity contribution in [2.75, 3.05) is 6.54 Å². The van der Waals surface area contributed by atoms with E-state index in [2.05, 4.69) is 5.32 Å². The second-order valence-electron chi connectivity index (χ2n) is 5.17. The molecule has 2 aromatic rings. The number of hydrogen-bond acceptors (Lipinski definition) is 2. The molecule has 0 saturated heterocycles. The van der Waals surface area contributed by atoms with Crippen molar-refractivity contribution in [1.82, 2.24) is 5.32 Å². The fraction of sp³-hybridized carbons (Fsp3) is 0.375. The minimum Gasteiger partial charge on any atom is -0.469 e. The zero-order valence-electron chi connectivity index (χ0n) is 10.8. The SMILES string of the molecule is Fc1ccccc1C1CC(NCCc2ccco2)C1. The van der Waals surface area contributed by atoms with Gasteiger partial charge in [-0.05, 0) is 42.5 Å². The molecule has 0 unspecified atom stereocenters. The van der Waals surface area contributed by atoms with E-state index in [1.165, 1.54) is 0 Å². The summed E-state index contributed by atoms with van der Waals surface area (Å²) < 4.78 is 18.9. The van der Waals surface area contributed by atoms with Crippen molar-refractivity contribution in [3.8, 4) is 0 Å². The molecule has 2 nitrogen and oxygen atoms in total. The van der Waals surface area contributed by atoms with Crippen molar-refractivity contribution in [2.45, 2.75) is 31.2 Å². The van der Waals surface area contributed by atoms with Gasteiger partial charge in [-0.1, -0.05) is 18.2 Å². The third kappa shape index (κ3) is 2.87. The van der Waals surface area contributed by atoms with Gasteiger partial charge in [0.1, 0.15) is 11.6 Å². The smallest absolute Gasteiger partial charge is 0.126 e. The molecule has 1 saturated carbocycles. The van der Waals surface area contributed by atoms with Gasteiger partial charge in [0.15, 0.2) is 0 Å². The van der Waals surface area contributed by atoms with Crippen LogP contribution in [0.4, 0.5) is 4.39 Å². The second kappa shape index (κ2) is 5.57. The summed E-state index contributed by atoms with van der Waals surface area (Å²) in [5, 5.41) is 3.49. The van der Waals surface area contributed by atoms with Crippen LogP contribution in [0.5, 0.6) is 0 Å². The monoisotopic (exact) mass is 259 g/mol. The fourth-order valence-electron chi connectivity index (χ4n) is 2.70. The molecular weight excluding hydrogens is 241 g/mol. The Morgan fingerprint density at radius 2 is 2.00 bits per heavy atom. The summed E-state index contributed by atoms with van der Waals surface area (Å²) in [6, 6.07) is 11.5. The molecule has 1 aromatic heterocycles. The molecule has 1 N–H and O–H groups in total. The normalized spacial score (nSPS) is 22.2. The van der Waals surface area contributed by atoms with Crippen molar-refractivity contribution < 1.29 is 8.81 Å². The Kier molecular flexibility index (Phi) is 3.65. The molecule has 1 aliphatic rings. The first-order valence-corrected chi connectivity index (χ1v) is 6.83. The highest BCUT2D eigenvalue weighted by Crippen LogP contribution is 2.37. The topological polar surface area (TPSA) is 25.2 Å². The van der Waals surface area contributed by atoms with Crippen LogP contribution in [-0.4, -0.2) is 12.6 Å². The quantitative estimate of drug-likeness (QED) is 0.889. The Balaban J connectivity index is 1.42. The zero-order chi connectivity index (χ0) is 13.1. The third-order valence-corrected chi connectivity index (χ3v) is 3.87. The molecular formula is C16H18FNO. The molecule has 0 amide bonds. The Morgan fingerprint density at radius 3 is 2.74 bits per heavy atom. The molecule has 3 rings (SSSR count). The van der Waals surface area contributed by atoms with Crippen LogP contribution in [0.25, 0.3) is 0 Å². The third-order valence-electron chi connectivity index (χ3n) is 3.87. The van der Waals surface area contributed by atoms with Gasteiger partial charge < -0.3 is 9.73 Å². The van der Waals surface area contributed by atoms with Gasteiger partial charge in [0.25, 0.3) is 0 Å². The van der Waals surface area contributed by atoms with E-state index in [0.717, 1.165) is 37.1 Å². The van der Waals surface area contributed by atoms with E-state index in [-0.39, 0.29) is 5.82 Å². The highest BCUT2D eigenvalue weighted by Gasteiger charge is 2.31. The predicted molar refractivity (Wildman–Crippen MR) is 72.6 cm³/mol. The van der Waals surface area contributed by atoms with Crippen LogP contribution in [0.3, 0.4) is 0 Å². The van der Waals surface area contributed by atoms with Gasteiger partial charge in [-0.25, -0.2) is 4.39 Å². The molecule has 0 bridgehead atoms. The Morgan fingerprint density at radius 1 is 1.16 bits per heavy atom. The van der Waals surface area contributed by atoms with Gasteiger partial charge in [-0.3, -0.25) is 0 Å². The van der Waals surface area contributed by atoms with Crippen LogP contribution in [-0.2, 0) is 6.42 Å². The molecule has 0 spiro atoms. The minimum atomic E-state index is -0.0680. The van der Waals surface area contributed by atoms with Crippen LogP contribution in [0.2, 0.25) is 0 Å². The van der Waals surface area contributed by atoms with Crippen molar-refractivity contribution in [2.24, 2.45) is 0 Å². The Bertz CT molecular complexity index is 517. The first kappa shape index (κ1) is 12.4. The molecule has 19 heavy (non-hydrogen) atoms. The van der Waals surface area contributed by atoms with E-state index in [1.807, 2.05) is 24.3 Å². The maximum atomic E-state index is 13.6. The van der Waals surface area contributed by atoms with E-state index in [9.17, 15) is 4.39 Å². The summed E-state index contributed by atoms with van der Waals surface area (Å²) >= 11 is 0. The lowest BCUT2D eigenvalue weighted by atomic mass is 9.75. The molecule has 1 aromatic carbocycles. The van der Waals surface area contributed by atoms with E-state index >= 15 is 0 Å². The number of nitrogens with one attached hydrogen (secondary N) is 1. The lowest BCUT2D eigenvalue weighted by molar-refractivity contribution is 0.285. The average molecular weight is 259 g/mol. The van der Waals surface area contributed by atoms with Gasteiger partial charge in [0.05, 0.1) is 6.26 Å². The molecule has 0 aliphatic heterocycles. The Hall–Kier alpha value is -1.61. The van der Waals surface area contributed by atoms with Crippen LogP contribution < -0.4 is 5.32 Å². The summed E-state index contributed by atoms with van der Waals surface area (Å²) in [7, 11) is 0. The molecule has 3 heteroatoms. The molecule has 1 heterocycles. The summed E-state index contributed by atoms with van der Waals surface area (Å²) in [4.78, 5) is 0. The van der Waals surface area contributed by atoms with E-state index in [1.54, 1.807) is 18.4 Å². The Labute approximate surface area is 112 Å². The molecule has 1 aliphatic carbocycles.